The molecule has 3 heteroatoms. The lowest BCUT2D eigenvalue weighted by molar-refractivity contribution is -0.0187. The maximum absolute atomic E-state index is 11.7. The summed E-state index contributed by atoms with van der Waals surface area (Å²) in [5, 5.41) is 11.7. The van der Waals surface area contributed by atoms with Gasteiger partial charge >= 0.3 is 0 Å². The third-order valence-electron chi connectivity index (χ3n) is 8.41. The van der Waals surface area contributed by atoms with E-state index in [0.717, 1.165) is 6.42 Å². The number of para-hydroxylation sites is 1. The van der Waals surface area contributed by atoms with E-state index in [1.54, 1.807) is 0 Å². The number of nitrogens with zero attached hydrogens (tertiary/aromatic N) is 2. The normalized spacial score (nSPS) is 47.0. The Labute approximate surface area is 145 Å². The minimum absolute atomic E-state index is 0.0416. The van der Waals surface area contributed by atoms with Crippen molar-refractivity contribution in [3.63, 3.8) is 0 Å². The molecule has 0 radical (unpaired) electrons. The highest BCUT2D eigenvalue weighted by Crippen LogP contribution is 2.65. The molecule has 1 aliphatic carbocycles. The number of rotatable bonds is 2. The van der Waals surface area contributed by atoms with Gasteiger partial charge in [-0.25, -0.2) is 0 Å². The molecule has 3 heterocycles. The van der Waals surface area contributed by atoms with Gasteiger partial charge in [-0.2, -0.15) is 0 Å². The zero-order valence-electron chi connectivity index (χ0n) is 15.3. The van der Waals surface area contributed by atoms with E-state index in [1.807, 2.05) is 0 Å². The Morgan fingerprint density at radius 2 is 2.00 bits per heavy atom. The molecule has 0 amide bonds. The summed E-state index contributed by atoms with van der Waals surface area (Å²) in [4.78, 5) is 5.13. The van der Waals surface area contributed by atoms with Crippen molar-refractivity contribution >= 4 is 5.69 Å². The van der Waals surface area contributed by atoms with Crippen LogP contribution in [-0.2, 0) is 5.41 Å². The molecule has 1 spiro atoms. The zero-order chi connectivity index (χ0) is 16.8. The van der Waals surface area contributed by atoms with Gasteiger partial charge in [-0.3, -0.25) is 4.90 Å². The molecule has 3 aliphatic heterocycles. The average molecular weight is 326 g/mol. The first-order valence-electron chi connectivity index (χ1n) is 9.74. The number of hydrogen-bond acceptors (Lipinski definition) is 3. The minimum atomic E-state index is -0.201. The Hall–Kier alpha value is -1.06. The summed E-state index contributed by atoms with van der Waals surface area (Å²) < 4.78 is 0. The van der Waals surface area contributed by atoms with E-state index in [9.17, 15) is 5.11 Å². The molecule has 5 rings (SSSR count). The highest BCUT2D eigenvalue weighted by Gasteiger charge is 2.72. The molecule has 1 unspecified atom stereocenters. The van der Waals surface area contributed by atoms with E-state index in [4.69, 9.17) is 0 Å². The summed E-state index contributed by atoms with van der Waals surface area (Å²) in [6, 6.07) is 10.4. The monoisotopic (exact) mass is 326 g/mol. The Balaban J connectivity index is 1.71. The molecule has 3 nitrogen and oxygen atoms in total. The third-order valence-corrected chi connectivity index (χ3v) is 8.41. The standard InChI is InChI=1S/C21H30N2O/c1-5-12(2)13-10-16-19-21(11-17(22(16)3)18(13)20(21)24)14-8-6-7-9-15(14)23(19)4/h6-9,12-13,16-20,24H,5,10-11H2,1-4H3/t12-,13-,16-,17-,18?,19-,20+,21+/m0/s1. The smallest absolute Gasteiger partial charge is 0.0704 e. The van der Waals surface area contributed by atoms with Crippen molar-refractivity contribution in [3.8, 4) is 0 Å². The second-order valence-corrected chi connectivity index (χ2v) is 8.92. The fourth-order valence-electron chi connectivity index (χ4n) is 7.20. The van der Waals surface area contributed by atoms with E-state index in [-0.39, 0.29) is 11.5 Å². The summed E-state index contributed by atoms with van der Waals surface area (Å²) in [5.74, 6) is 1.81. The molecule has 2 saturated heterocycles. The molecule has 8 atom stereocenters. The molecule has 24 heavy (non-hydrogen) atoms. The van der Waals surface area contributed by atoms with Gasteiger partial charge in [-0.15, -0.1) is 0 Å². The first kappa shape index (κ1) is 15.2. The van der Waals surface area contributed by atoms with Crippen LogP contribution < -0.4 is 4.90 Å². The van der Waals surface area contributed by atoms with Gasteiger partial charge in [-0.05, 0) is 43.4 Å². The number of hydrogen-bond donors (Lipinski definition) is 1. The Morgan fingerprint density at radius 1 is 1.25 bits per heavy atom. The molecule has 1 saturated carbocycles. The third kappa shape index (κ3) is 1.48. The fraction of sp³-hybridized carbons (Fsp3) is 0.714. The Morgan fingerprint density at radius 3 is 2.75 bits per heavy atom. The van der Waals surface area contributed by atoms with E-state index in [1.165, 1.54) is 24.1 Å². The van der Waals surface area contributed by atoms with Crippen LogP contribution in [-0.4, -0.2) is 48.3 Å². The van der Waals surface area contributed by atoms with E-state index >= 15 is 0 Å². The number of aliphatic hydroxyl groups excluding tert-OH is 1. The van der Waals surface area contributed by atoms with Crippen LogP contribution in [0.2, 0.25) is 0 Å². The molecule has 130 valence electrons. The summed E-state index contributed by atoms with van der Waals surface area (Å²) >= 11 is 0. The molecule has 1 aromatic carbocycles. The molecule has 3 bridgehead atoms. The SMILES string of the molecule is CC[C@H](C)[C@@H]1C[C@H]2[C@@H]3N(C)c4ccccc4[C@]34C[C@@H](C1[C@H]4O)N2C. The van der Waals surface area contributed by atoms with Crippen LogP contribution in [0.1, 0.15) is 38.7 Å². The van der Waals surface area contributed by atoms with Gasteiger partial charge in [0.15, 0.2) is 0 Å². The quantitative estimate of drug-likeness (QED) is 0.905. The van der Waals surface area contributed by atoms with Gasteiger partial charge in [-0.1, -0.05) is 38.5 Å². The largest absolute Gasteiger partial charge is 0.392 e. The van der Waals surface area contributed by atoms with Crippen molar-refractivity contribution in [1.29, 1.82) is 0 Å². The van der Waals surface area contributed by atoms with Crippen molar-refractivity contribution < 1.29 is 5.11 Å². The van der Waals surface area contributed by atoms with Gasteiger partial charge in [0.25, 0.3) is 0 Å². The topological polar surface area (TPSA) is 26.7 Å². The van der Waals surface area contributed by atoms with Crippen LogP contribution >= 0.6 is 0 Å². The van der Waals surface area contributed by atoms with Crippen molar-refractivity contribution in [2.75, 3.05) is 19.0 Å². The van der Waals surface area contributed by atoms with Gasteiger partial charge in [0.2, 0.25) is 0 Å². The van der Waals surface area contributed by atoms with E-state index in [2.05, 4.69) is 62.0 Å². The summed E-state index contributed by atoms with van der Waals surface area (Å²) in [7, 11) is 4.57. The zero-order valence-corrected chi connectivity index (χ0v) is 15.3. The van der Waals surface area contributed by atoms with Crippen molar-refractivity contribution in [3.05, 3.63) is 29.8 Å². The van der Waals surface area contributed by atoms with Gasteiger partial charge < -0.3 is 10.0 Å². The van der Waals surface area contributed by atoms with Crippen molar-refractivity contribution in [1.82, 2.24) is 4.90 Å². The predicted octanol–water partition coefficient (Wildman–Crippen LogP) is 2.87. The highest BCUT2D eigenvalue weighted by atomic mass is 16.3. The lowest BCUT2D eigenvalue weighted by atomic mass is 9.67. The maximum atomic E-state index is 11.7. The predicted molar refractivity (Wildman–Crippen MR) is 97.3 cm³/mol. The number of likely N-dealkylation sites (N-methyl/N-ethyl adjacent to an activating group) is 2. The maximum Gasteiger partial charge on any atom is 0.0704 e. The second-order valence-electron chi connectivity index (χ2n) is 8.92. The Kier molecular flexibility index (Phi) is 3.02. The van der Waals surface area contributed by atoms with Crippen LogP contribution in [0.15, 0.2) is 24.3 Å². The minimum Gasteiger partial charge on any atom is -0.392 e. The van der Waals surface area contributed by atoms with Crippen LogP contribution in [0.5, 0.6) is 0 Å². The number of fused-ring (bicyclic) bond motifs is 3. The van der Waals surface area contributed by atoms with Crippen LogP contribution in [0.25, 0.3) is 0 Å². The first-order chi connectivity index (χ1) is 11.5. The molecule has 0 aromatic heterocycles. The molecule has 1 N–H and O–H groups in total. The van der Waals surface area contributed by atoms with Crippen molar-refractivity contribution in [2.24, 2.45) is 17.8 Å². The van der Waals surface area contributed by atoms with Gasteiger partial charge in [0.05, 0.1) is 12.1 Å². The van der Waals surface area contributed by atoms with Gasteiger partial charge in [0.1, 0.15) is 0 Å². The average Bonchev–Trinajstić information content (AvgIpc) is 2.96. The number of aliphatic hydroxyl groups is 1. The summed E-state index contributed by atoms with van der Waals surface area (Å²) in [6.07, 6.45) is 3.40. The lowest BCUT2D eigenvalue weighted by Gasteiger charge is -2.53. The highest BCUT2D eigenvalue weighted by molar-refractivity contribution is 5.67. The Bertz CT molecular complexity index is 676. The van der Waals surface area contributed by atoms with Crippen LogP contribution in [0.3, 0.4) is 0 Å². The number of benzene rings is 1. The summed E-state index contributed by atoms with van der Waals surface area (Å²) in [6.45, 7) is 4.71. The first-order valence-corrected chi connectivity index (χ1v) is 9.74. The van der Waals surface area contributed by atoms with Crippen molar-refractivity contribution in [2.45, 2.75) is 62.8 Å². The molecule has 1 aromatic rings. The fourth-order valence-corrected chi connectivity index (χ4v) is 7.20. The van der Waals surface area contributed by atoms with E-state index in [0.29, 0.717) is 35.9 Å². The van der Waals surface area contributed by atoms with Crippen LogP contribution in [0.4, 0.5) is 5.69 Å². The number of piperidine rings is 2. The second kappa shape index (κ2) is 4.76. The van der Waals surface area contributed by atoms with Crippen LogP contribution in [0, 0.1) is 17.8 Å². The number of anilines is 1. The molecular formula is C21H30N2O. The van der Waals surface area contributed by atoms with E-state index < -0.39 is 0 Å². The van der Waals surface area contributed by atoms with Gasteiger partial charge in [0, 0.05) is 36.2 Å². The molecular weight excluding hydrogens is 296 g/mol. The molecule has 4 aliphatic rings. The summed E-state index contributed by atoms with van der Waals surface area (Å²) in [5.41, 5.74) is 2.73. The molecule has 3 fully saturated rings. The lowest BCUT2D eigenvalue weighted by Crippen LogP contribution is -2.64.